The number of benzene rings is 1. The van der Waals surface area contributed by atoms with Crippen LogP contribution in [0.25, 0.3) is 0 Å². The van der Waals surface area contributed by atoms with Gasteiger partial charge in [0.2, 0.25) is 0 Å². The molecule has 0 saturated carbocycles. The van der Waals surface area contributed by atoms with Crippen molar-refractivity contribution in [2.24, 2.45) is 5.10 Å². The van der Waals surface area contributed by atoms with Crippen LogP contribution in [-0.4, -0.2) is 56.4 Å². The Morgan fingerprint density at radius 1 is 1.17 bits per heavy atom. The first-order valence-corrected chi connectivity index (χ1v) is 9.19. The highest BCUT2D eigenvalue weighted by Gasteiger charge is 2.37. The van der Waals surface area contributed by atoms with Crippen molar-refractivity contribution in [3.8, 4) is 0 Å². The third-order valence-electron chi connectivity index (χ3n) is 3.02. The summed E-state index contributed by atoms with van der Waals surface area (Å²) >= 11 is 0. The molecule has 1 aliphatic heterocycles. The average Bonchev–Trinajstić information content (AvgIpc) is 2.72. The van der Waals surface area contributed by atoms with Crippen LogP contribution in [0.1, 0.15) is 0 Å². The monoisotopic (exact) mass is 363 g/mol. The van der Waals surface area contributed by atoms with Crippen LogP contribution in [0.4, 0.5) is 5.69 Å². The van der Waals surface area contributed by atoms with E-state index in [1.165, 1.54) is 19.2 Å². The fraction of sp³-hybridized carbons (Fsp3) is 0.273. The number of carbonyl (C=O) groups is 1. The maximum Gasteiger partial charge on any atom is 0.294 e. The summed E-state index contributed by atoms with van der Waals surface area (Å²) in [7, 11) is -7.31. The highest BCUT2D eigenvalue weighted by Crippen LogP contribution is 2.23. The van der Waals surface area contributed by atoms with Crippen LogP contribution >= 0.6 is 0 Å². The van der Waals surface area contributed by atoms with Gasteiger partial charge < -0.3 is 5.32 Å². The van der Waals surface area contributed by atoms with Crippen LogP contribution in [0.15, 0.2) is 34.3 Å². The van der Waals surface area contributed by atoms with E-state index in [9.17, 15) is 21.6 Å². The van der Waals surface area contributed by atoms with Crippen LogP contribution in [0, 0.1) is 0 Å². The lowest BCUT2D eigenvalue weighted by atomic mass is 10.2. The Morgan fingerprint density at radius 3 is 2.17 bits per heavy atom. The minimum absolute atomic E-state index is 0.0983. The second-order valence-corrected chi connectivity index (χ2v) is 7.53. The Morgan fingerprint density at radius 2 is 1.74 bits per heavy atom. The van der Waals surface area contributed by atoms with Gasteiger partial charge in [-0.3, -0.25) is 13.9 Å². The predicted molar refractivity (Wildman–Crippen MR) is 80.4 cm³/mol. The molecule has 1 heterocycles. The van der Waals surface area contributed by atoms with Gasteiger partial charge in [-0.1, -0.05) is 0 Å². The molecular formula is C11H13N3O7S2. The largest absolute Gasteiger partial charge is 0.304 e. The summed E-state index contributed by atoms with van der Waals surface area (Å²) in [5.41, 5.74) is 0.0758. The van der Waals surface area contributed by atoms with E-state index in [-0.39, 0.29) is 16.3 Å². The molecule has 0 spiro atoms. The van der Waals surface area contributed by atoms with Gasteiger partial charge in [-0.2, -0.15) is 26.9 Å². The standard InChI is InChI=1S/C11H13N3O7S2/c1-12-10-9(6-22(16,17)18)13-14(11(10)15)7-2-4-8(5-3-7)23(19,20)21/h2-5,10,12H,6H2,1H3,(H,16,17,18)(H,19,20,21). The zero-order chi connectivity index (χ0) is 17.4. The molecule has 1 amide bonds. The number of hydrogen-bond donors (Lipinski definition) is 3. The summed E-state index contributed by atoms with van der Waals surface area (Å²) in [6.45, 7) is 0. The molecule has 0 aromatic heterocycles. The smallest absolute Gasteiger partial charge is 0.294 e. The van der Waals surface area contributed by atoms with Crippen molar-refractivity contribution in [2.45, 2.75) is 10.9 Å². The van der Waals surface area contributed by atoms with Crippen molar-refractivity contribution in [1.82, 2.24) is 5.32 Å². The van der Waals surface area contributed by atoms with Gasteiger partial charge in [-0.15, -0.1) is 0 Å². The van der Waals surface area contributed by atoms with Crippen LogP contribution in [0.5, 0.6) is 0 Å². The normalized spacial score (nSPS) is 19.1. The van der Waals surface area contributed by atoms with Gasteiger partial charge in [0.05, 0.1) is 16.3 Å². The number of nitrogens with zero attached hydrogens (tertiary/aromatic N) is 2. The van der Waals surface area contributed by atoms with E-state index in [2.05, 4.69) is 10.4 Å². The number of hydrogen-bond acceptors (Lipinski definition) is 7. The van der Waals surface area contributed by atoms with E-state index in [4.69, 9.17) is 9.11 Å². The Kier molecular flexibility index (Phi) is 4.54. The summed E-state index contributed by atoms with van der Waals surface area (Å²) < 4.78 is 61.7. The minimum atomic E-state index is -4.37. The van der Waals surface area contributed by atoms with Crippen molar-refractivity contribution in [2.75, 3.05) is 17.8 Å². The molecule has 1 aromatic carbocycles. The first-order valence-electron chi connectivity index (χ1n) is 6.14. The van der Waals surface area contributed by atoms with E-state index < -0.39 is 37.9 Å². The fourth-order valence-electron chi connectivity index (χ4n) is 2.03. The lowest BCUT2D eigenvalue weighted by Crippen LogP contribution is -2.43. The van der Waals surface area contributed by atoms with E-state index in [0.29, 0.717) is 0 Å². The van der Waals surface area contributed by atoms with Crippen molar-refractivity contribution >= 4 is 37.5 Å². The maximum atomic E-state index is 12.2. The summed E-state index contributed by atoms with van der Waals surface area (Å²) in [4.78, 5) is 11.9. The van der Waals surface area contributed by atoms with Crippen LogP contribution in [0.2, 0.25) is 0 Å². The number of likely N-dealkylation sites (N-methyl/N-ethyl adjacent to an activating group) is 1. The molecule has 2 rings (SSSR count). The quantitative estimate of drug-likeness (QED) is 0.570. The van der Waals surface area contributed by atoms with Crippen molar-refractivity contribution in [3.05, 3.63) is 24.3 Å². The molecule has 3 N–H and O–H groups in total. The Balaban J connectivity index is 2.37. The SMILES string of the molecule is CNC1C(=O)N(c2ccc(S(=O)(=O)O)cc2)N=C1CS(=O)(=O)O. The van der Waals surface area contributed by atoms with Gasteiger partial charge in [0, 0.05) is 0 Å². The van der Waals surface area contributed by atoms with Gasteiger partial charge in [0.1, 0.15) is 11.8 Å². The van der Waals surface area contributed by atoms with E-state index >= 15 is 0 Å². The Labute approximate surface area is 132 Å². The number of nitrogens with one attached hydrogen (secondary N) is 1. The average molecular weight is 363 g/mol. The lowest BCUT2D eigenvalue weighted by molar-refractivity contribution is -0.118. The summed E-state index contributed by atoms with van der Waals surface area (Å²) in [5.74, 6) is -1.41. The van der Waals surface area contributed by atoms with Crippen molar-refractivity contribution in [1.29, 1.82) is 0 Å². The third kappa shape index (κ3) is 3.92. The van der Waals surface area contributed by atoms with E-state index in [1.54, 1.807) is 0 Å². The van der Waals surface area contributed by atoms with Gasteiger partial charge in [-0.25, -0.2) is 0 Å². The number of anilines is 1. The number of amides is 1. The van der Waals surface area contributed by atoms with Crippen LogP contribution < -0.4 is 10.3 Å². The molecule has 0 saturated heterocycles. The summed E-state index contributed by atoms with van der Waals surface area (Å²) in [5, 5.41) is 7.33. The highest BCUT2D eigenvalue weighted by atomic mass is 32.2. The van der Waals surface area contributed by atoms with Gasteiger partial charge >= 0.3 is 0 Å². The number of carbonyl (C=O) groups excluding carboxylic acids is 1. The predicted octanol–water partition coefficient (Wildman–Crippen LogP) is -0.888. The molecule has 12 heteroatoms. The zero-order valence-electron chi connectivity index (χ0n) is 11.7. The molecule has 0 fully saturated rings. The molecule has 0 bridgehead atoms. The van der Waals surface area contributed by atoms with E-state index in [1.807, 2.05) is 0 Å². The molecule has 0 radical (unpaired) electrons. The van der Waals surface area contributed by atoms with E-state index in [0.717, 1.165) is 17.1 Å². The second kappa shape index (κ2) is 5.98. The molecule has 1 atom stereocenters. The lowest BCUT2D eigenvalue weighted by Gasteiger charge is -2.14. The first kappa shape index (κ1) is 17.5. The van der Waals surface area contributed by atoms with Crippen LogP contribution in [0.3, 0.4) is 0 Å². The molecule has 0 aliphatic carbocycles. The molecule has 23 heavy (non-hydrogen) atoms. The number of rotatable bonds is 5. The Hall–Kier alpha value is -1.86. The van der Waals surface area contributed by atoms with Gasteiger partial charge in [0.15, 0.2) is 0 Å². The number of hydrazone groups is 1. The molecule has 1 aromatic rings. The molecule has 1 unspecified atom stereocenters. The third-order valence-corrected chi connectivity index (χ3v) is 4.54. The molecule has 1 aliphatic rings. The minimum Gasteiger partial charge on any atom is -0.304 e. The van der Waals surface area contributed by atoms with Crippen molar-refractivity contribution in [3.63, 3.8) is 0 Å². The van der Waals surface area contributed by atoms with Gasteiger partial charge in [-0.05, 0) is 31.3 Å². The van der Waals surface area contributed by atoms with Crippen molar-refractivity contribution < 1.29 is 30.7 Å². The summed E-state index contributed by atoms with van der Waals surface area (Å²) in [6, 6.07) is 3.57. The Bertz CT molecular complexity index is 859. The molecular weight excluding hydrogens is 350 g/mol. The van der Waals surface area contributed by atoms with Gasteiger partial charge in [0.25, 0.3) is 26.1 Å². The molecule has 126 valence electrons. The zero-order valence-corrected chi connectivity index (χ0v) is 13.4. The summed E-state index contributed by atoms with van der Waals surface area (Å²) in [6.07, 6.45) is 0. The molecule has 10 nitrogen and oxygen atoms in total. The fourth-order valence-corrected chi connectivity index (χ4v) is 3.11. The highest BCUT2D eigenvalue weighted by molar-refractivity contribution is 7.86. The first-order chi connectivity index (χ1) is 10.5. The maximum absolute atomic E-state index is 12.2. The van der Waals surface area contributed by atoms with Crippen LogP contribution in [-0.2, 0) is 25.0 Å². The second-order valence-electron chi connectivity index (χ2n) is 4.66. The topological polar surface area (TPSA) is 153 Å².